The fraction of sp³-hybridized carbons (Fsp3) is 0.400. The van der Waals surface area contributed by atoms with Gasteiger partial charge in [0, 0.05) is 0 Å². The molecule has 0 spiro atoms. The first-order valence-corrected chi connectivity index (χ1v) is 3.97. The van der Waals surface area contributed by atoms with Gasteiger partial charge < -0.3 is 1.43 Å². The second kappa shape index (κ2) is 6.52. The molecule has 0 amide bonds. The van der Waals surface area contributed by atoms with Gasteiger partial charge in [0.1, 0.15) is 0 Å². The Hall–Kier alpha value is -0.183. The molecule has 0 aromatic heterocycles. The summed E-state index contributed by atoms with van der Waals surface area (Å²) in [5, 5.41) is 0. The summed E-state index contributed by atoms with van der Waals surface area (Å²) in [6, 6.07) is 10.6. The maximum absolute atomic E-state index is 2.23. The Labute approximate surface area is 82.7 Å². The zero-order valence-corrected chi connectivity index (χ0v) is 7.51. The van der Waals surface area contributed by atoms with E-state index in [4.69, 9.17) is 0 Å². The summed E-state index contributed by atoms with van der Waals surface area (Å²) in [4.78, 5) is 0. The molecular weight excluding hydrogens is 127 g/mol. The molecule has 1 aromatic rings. The summed E-state index contributed by atoms with van der Waals surface area (Å²) in [5.74, 6) is 0. The van der Waals surface area contributed by atoms with Crippen LogP contribution in [-0.4, -0.2) is 0 Å². The van der Waals surface area contributed by atoms with Gasteiger partial charge >= 0.3 is 18.9 Å². The molecule has 0 saturated carbocycles. The minimum absolute atomic E-state index is 0. The van der Waals surface area contributed by atoms with E-state index < -0.39 is 0 Å². The van der Waals surface area contributed by atoms with Crippen molar-refractivity contribution in [1.29, 1.82) is 0 Å². The molecule has 11 heavy (non-hydrogen) atoms. The van der Waals surface area contributed by atoms with Gasteiger partial charge in [0.2, 0.25) is 0 Å². The normalized spacial score (nSPS) is 8.82. The molecular formula is C10H15Li. The van der Waals surface area contributed by atoms with Crippen molar-refractivity contribution in [1.82, 2.24) is 0 Å². The molecule has 0 aliphatic carbocycles. The molecule has 1 rings (SSSR count). The van der Waals surface area contributed by atoms with Crippen molar-refractivity contribution in [3.05, 3.63) is 35.9 Å². The Morgan fingerprint density at radius 2 is 1.82 bits per heavy atom. The standard InChI is InChI=1S/C10H14.Li.H/c1-2-3-7-10-8-5-4-6-9-10;;/h4-6,8-9H,2-3,7H2,1H3;;/q;+1;-1. The Balaban J connectivity index is 0. The molecule has 0 aliphatic rings. The first kappa shape index (κ1) is 10.8. The predicted molar refractivity (Wildman–Crippen MR) is 46.2 cm³/mol. The van der Waals surface area contributed by atoms with E-state index in [1.165, 1.54) is 24.8 Å². The molecule has 0 radical (unpaired) electrons. The summed E-state index contributed by atoms with van der Waals surface area (Å²) in [5.41, 5.74) is 1.46. The number of hydrogen-bond acceptors (Lipinski definition) is 0. The van der Waals surface area contributed by atoms with Crippen LogP contribution in [-0.2, 0) is 6.42 Å². The fourth-order valence-corrected chi connectivity index (χ4v) is 1.03. The largest absolute Gasteiger partial charge is 1.00 e. The molecule has 0 nitrogen and oxygen atoms in total. The molecule has 0 aliphatic heterocycles. The van der Waals surface area contributed by atoms with Crippen LogP contribution < -0.4 is 18.9 Å². The molecule has 1 heteroatoms. The summed E-state index contributed by atoms with van der Waals surface area (Å²) in [6.07, 6.45) is 3.83. The van der Waals surface area contributed by atoms with Gasteiger partial charge in [-0.2, -0.15) is 0 Å². The van der Waals surface area contributed by atoms with Gasteiger partial charge in [0.15, 0.2) is 0 Å². The molecule has 0 unspecified atom stereocenters. The molecule has 1 aromatic carbocycles. The topological polar surface area (TPSA) is 0 Å². The van der Waals surface area contributed by atoms with E-state index in [0.717, 1.165) is 0 Å². The first-order valence-electron chi connectivity index (χ1n) is 3.97. The zero-order chi connectivity index (χ0) is 7.23. The average Bonchev–Trinajstić information content (AvgIpc) is 2.03. The van der Waals surface area contributed by atoms with Crippen molar-refractivity contribution in [2.24, 2.45) is 0 Å². The summed E-state index contributed by atoms with van der Waals surface area (Å²) >= 11 is 0. The third kappa shape index (κ3) is 4.30. The number of hydrogen-bond donors (Lipinski definition) is 0. The van der Waals surface area contributed by atoms with Gasteiger partial charge in [-0.3, -0.25) is 0 Å². The Kier molecular flexibility index (Phi) is 6.41. The number of unbranched alkanes of at least 4 members (excludes halogenated alkanes) is 1. The number of benzene rings is 1. The zero-order valence-electron chi connectivity index (χ0n) is 8.51. The van der Waals surface area contributed by atoms with E-state index in [2.05, 4.69) is 37.3 Å². The van der Waals surface area contributed by atoms with Crippen LogP contribution in [0.15, 0.2) is 30.3 Å². The molecule has 0 heterocycles. The van der Waals surface area contributed by atoms with Crippen LogP contribution in [0.4, 0.5) is 0 Å². The van der Waals surface area contributed by atoms with Crippen LogP contribution >= 0.6 is 0 Å². The minimum atomic E-state index is 0. The van der Waals surface area contributed by atoms with Crippen LogP contribution in [0.1, 0.15) is 26.8 Å². The van der Waals surface area contributed by atoms with Crippen molar-refractivity contribution < 1.29 is 20.3 Å². The van der Waals surface area contributed by atoms with Crippen LogP contribution in [0.25, 0.3) is 0 Å². The first-order chi connectivity index (χ1) is 4.93. The van der Waals surface area contributed by atoms with Gasteiger partial charge in [-0.25, -0.2) is 0 Å². The predicted octanol–water partition coefficient (Wildman–Crippen LogP) is 0.146. The van der Waals surface area contributed by atoms with E-state index in [9.17, 15) is 0 Å². The summed E-state index contributed by atoms with van der Waals surface area (Å²) < 4.78 is 0. The third-order valence-corrected chi connectivity index (χ3v) is 1.66. The summed E-state index contributed by atoms with van der Waals surface area (Å²) in [6.45, 7) is 2.23. The summed E-state index contributed by atoms with van der Waals surface area (Å²) in [7, 11) is 0. The Bertz CT molecular complexity index is 174. The fourth-order valence-electron chi connectivity index (χ4n) is 1.03. The van der Waals surface area contributed by atoms with E-state index >= 15 is 0 Å². The monoisotopic (exact) mass is 142 g/mol. The molecule has 0 bridgehead atoms. The maximum atomic E-state index is 2.23. The molecule has 0 saturated heterocycles. The maximum Gasteiger partial charge on any atom is 1.00 e. The second-order valence-corrected chi connectivity index (χ2v) is 2.59. The smallest absolute Gasteiger partial charge is 1.00 e. The SMILES string of the molecule is CCCCc1ccccc1.[H-].[Li+]. The van der Waals surface area contributed by atoms with Crippen molar-refractivity contribution in [2.45, 2.75) is 26.2 Å². The molecule has 0 fully saturated rings. The quantitative estimate of drug-likeness (QED) is 0.527. The minimum Gasteiger partial charge on any atom is -1.00 e. The van der Waals surface area contributed by atoms with Crippen molar-refractivity contribution in [3.8, 4) is 0 Å². The third-order valence-electron chi connectivity index (χ3n) is 1.66. The van der Waals surface area contributed by atoms with Gasteiger partial charge in [-0.1, -0.05) is 43.7 Å². The van der Waals surface area contributed by atoms with E-state index in [1.807, 2.05) is 0 Å². The van der Waals surface area contributed by atoms with Crippen LogP contribution in [0.5, 0.6) is 0 Å². The van der Waals surface area contributed by atoms with Gasteiger partial charge in [0.25, 0.3) is 0 Å². The second-order valence-electron chi connectivity index (χ2n) is 2.59. The van der Waals surface area contributed by atoms with Crippen LogP contribution in [0.2, 0.25) is 0 Å². The van der Waals surface area contributed by atoms with Gasteiger partial charge in [0.05, 0.1) is 0 Å². The van der Waals surface area contributed by atoms with Crippen LogP contribution in [0.3, 0.4) is 0 Å². The molecule has 56 valence electrons. The van der Waals surface area contributed by atoms with Gasteiger partial charge in [-0.05, 0) is 18.4 Å². The number of rotatable bonds is 3. The van der Waals surface area contributed by atoms with E-state index in [-0.39, 0.29) is 20.3 Å². The molecule has 0 atom stereocenters. The van der Waals surface area contributed by atoms with Crippen molar-refractivity contribution in [3.63, 3.8) is 0 Å². The average molecular weight is 142 g/mol. The van der Waals surface area contributed by atoms with E-state index in [1.54, 1.807) is 0 Å². The van der Waals surface area contributed by atoms with E-state index in [0.29, 0.717) is 0 Å². The van der Waals surface area contributed by atoms with Crippen molar-refractivity contribution in [2.75, 3.05) is 0 Å². The van der Waals surface area contributed by atoms with Crippen molar-refractivity contribution >= 4 is 0 Å². The number of aryl methyl sites for hydroxylation is 1. The van der Waals surface area contributed by atoms with Gasteiger partial charge in [-0.15, -0.1) is 0 Å². The molecule has 0 N–H and O–H groups in total. The Morgan fingerprint density at radius 1 is 1.18 bits per heavy atom. The Morgan fingerprint density at radius 3 is 2.36 bits per heavy atom. The van der Waals surface area contributed by atoms with Crippen LogP contribution in [0, 0.1) is 0 Å².